The molecule has 0 aromatic heterocycles. The van der Waals surface area contributed by atoms with Crippen molar-refractivity contribution in [2.75, 3.05) is 19.1 Å². The fraction of sp³-hybridized carbons (Fsp3) is 0.278. The van der Waals surface area contributed by atoms with Crippen molar-refractivity contribution in [3.63, 3.8) is 0 Å². The first-order chi connectivity index (χ1) is 10.9. The molecule has 0 bridgehead atoms. The normalized spacial score (nSPS) is 13.5. The molecule has 0 saturated heterocycles. The molecule has 0 aliphatic heterocycles. The lowest BCUT2D eigenvalue weighted by atomic mass is 10.0. The summed E-state index contributed by atoms with van der Waals surface area (Å²) < 4.78 is 22.6. The van der Waals surface area contributed by atoms with Gasteiger partial charge in [-0.2, -0.15) is 0 Å². The second kappa shape index (κ2) is 5.81. The molecule has 0 radical (unpaired) electrons. The van der Waals surface area contributed by atoms with Gasteiger partial charge in [-0.05, 0) is 22.3 Å². The smallest absolute Gasteiger partial charge is 0.224 e. The van der Waals surface area contributed by atoms with Gasteiger partial charge in [-0.1, -0.05) is 48.5 Å². The molecular weight excluding hydrogens is 310 g/mol. The van der Waals surface area contributed by atoms with Crippen molar-refractivity contribution in [3.8, 4) is 11.1 Å². The second-order valence-corrected chi connectivity index (χ2v) is 8.22. The van der Waals surface area contributed by atoms with E-state index >= 15 is 0 Å². The summed E-state index contributed by atoms with van der Waals surface area (Å²) in [6.07, 6.45) is 1.16. The Morgan fingerprint density at radius 3 is 1.96 bits per heavy atom. The summed E-state index contributed by atoms with van der Waals surface area (Å²) in [7, 11) is -1.40. The topological polar surface area (TPSA) is 54.5 Å². The molecule has 1 aliphatic rings. The van der Waals surface area contributed by atoms with E-state index in [0.717, 1.165) is 28.5 Å². The van der Waals surface area contributed by atoms with Crippen LogP contribution in [-0.4, -0.2) is 38.3 Å². The van der Waals surface area contributed by atoms with Crippen LogP contribution in [0.4, 0.5) is 0 Å². The first kappa shape index (κ1) is 15.7. The van der Waals surface area contributed by atoms with Crippen LogP contribution >= 0.6 is 0 Å². The van der Waals surface area contributed by atoms with Gasteiger partial charge in [-0.3, -0.25) is 4.79 Å². The summed E-state index contributed by atoms with van der Waals surface area (Å²) in [5, 5.41) is 0. The fourth-order valence-corrected chi connectivity index (χ4v) is 3.68. The quantitative estimate of drug-likeness (QED) is 0.866. The maximum absolute atomic E-state index is 12.5. The van der Waals surface area contributed by atoms with Gasteiger partial charge in [0.15, 0.2) is 0 Å². The Bertz CT molecular complexity index is 813. The lowest BCUT2D eigenvalue weighted by Crippen LogP contribution is -2.32. The maximum atomic E-state index is 12.5. The van der Waals surface area contributed by atoms with Crippen LogP contribution < -0.4 is 0 Å². The Morgan fingerprint density at radius 2 is 1.48 bits per heavy atom. The van der Waals surface area contributed by atoms with Crippen LogP contribution in [0.15, 0.2) is 48.5 Å². The van der Waals surface area contributed by atoms with Gasteiger partial charge in [-0.15, -0.1) is 0 Å². The van der Waals surface area contributed by atoms with Gasteiger partial charge in [0.25, 0.3) is 0 Å². The first-order valence-electron chi connectivity index (χ1n) is 7.50. The molecule has 0 fully saturated rings. The Hall–Kier alpha value is -2.14. The number of hydrogen-bond donors (Lipinski definition) is 0. The van der Waals surface area contributed by atoms with Gasteiger partial charge >= 0.3 is 0 Å². The molecule has 0 unspecified atom stereocenters. The standard InChI is InChI=1S/C18H19NO3S/c1-19(17(20)11-12-23(2,21)22)18-15-9-5-3-7-13(15)14-8-4-6-10-16(14)18/h3-10,18H,11-12H2,1-2H3. The fourth-order valence-electron chi connectivity index (χ4n) is 3.14. The van der Waals surface area contributed by atoms with E-state index in [1.54, 1.807) is 11.9 Å². The summed E-state index contributed by atoms with van der Waals surface area (Å²) in [5.74, 6) is -0.279. The second-order valence-electron chi connectivity index (χ2n) is 5.96. The predicted molar refractivity (Wildman–Crippen MR) is 90.8 cm³/mol. The van der Waals surface area contributed by atoms with E-state index in [1.807, 2.05) is 36.4 Å². The zero-order chi connectivity index (χ0) is 16.6. The molecule has 0 saturated carbocycles. The zero-order valence-electron chi connectivity index (χ0n) is 13.2. The van der Waals surface area contributed by atoms with Crippen LogP contribution in [-0.2, 0) is 14.6 Å². The van der Waals surface area contributed by atoms with Gasteiger partial charge in [0.1, 0.15) is 9.84 Å². The molecular formula is C18H19NO3S. The van der Waals surface area contributed by atoms with E-state index in [0.29, 0.717) is 0 Å². The lowest BCUT2D eigenvalue weighted by molar-refractivity contribution is -0.130. The number of nitrogens with zero attached hydrogens (tertiary/aromatic N) is 1. The Labute approximate surface area is 136 Å². The molecule has 3 rings (SSSR count). The number of benzene rings is 2. The molecule has 1 aliphatic carbocycles. The summed E-state index contributed by atoms with van der Waals surface area (Å²) in [6, 6.07) is 15.9. The number of carbonyl (C=O) groups is 1. The monoisotopic (exact) mass is 329 g/mol. The van der Waals surface area contributed by atoms with Crippen LogP contribution in [0, 0.1) is 0 Å². The molecule has 0 N–H and O–H groups in total. The van der Waals surface area contributed by atoms with E-state index in [1.165, 1.54) is 0 Å². The van der Waals surface area contributed by atoms with Crippen molar-refractivity contribution >= 4 is 15.7 Å². The Balaban J connectivity index is 1.94. The summed E-state index contributed by atoms with van der Waals surface area (Å²) in [4.78, 5) is 14.1. The third kappa shape index (κ3) is 3.01. The number of carbonyl (C=O) groups excluding carboxylic acids is 1. The van der Waals surface area contributed by atoms with Crippen molar-refractivity contribution in [2.24, 2.45) is 0 Å². The molecule has 2 aromatic rings. The van der Waals surface area contributed by atoms with Crippen LogP contribution in [0.5, 0.6) is 0 Å². The minimum absolute atomic E-state index is 0.0101. The highest BCUT2D eigenvalue weighted by molar-refractivity contribution is 7.90. The van der Waals surface area contributed by atoms with Gasteiger partial charge in [0.2, 0.25) is 5.91 Å². The summed E-state index contributed by atoms with van der Waals surface area (Å²) in [5.41, 5.74) is 4.44. The number of hydrogen-bond acceptors (Lipinski definition) is 3. The summed E-state index contributed by atoms with van der Waals surface area (Å²) in [6.45, 7) is 0. The predicted octanol–water partition coefficient (Wildman–Crippen LogP) is 2.65. The number of rotatable bonds is 4. The highest BCUT2D eigenvalue weighted by Crippen LogP contribution is 2.45. The van der Waals surface area contributed by atoms with Gasteiger partial charge in [0.05, 0.1) is 11.8 Å². The number of sulfone groups is 1. The van der Waals surface area contributed by atoms with Crippen LogP contribution in [0.1, 0.15) is 23.6 Å². The van der Waals surface area contributed by atoms with Crippen LogP contribution in [0.25, 0.3) is 11.1 Å². The molecule has 4 nitrogen and oxygen atoms in total. The van der Waals surface area contributed by atoms with E-state index < -0.39 is 9.84 Å². The molecule has 0 heterocycles. The average Bonchev–Trinajstić information content (AvgIpc) is 2.86. The first-order valence-corrected chi connectivity index (χ1v) is 9.56. The molecule has 5 heteroatoms. The van der Waals surface area contributed by atoms with Gasteiger partial charge in [-0.25, -0.2) is 8.42 Å². The van der Waals surface area contributed by atoms with E-state index in [9.17, 15) is 13.2 Å². The van der Waals surface area contributed by atoms with E-state index in [4.69, 9.17) is 0 Å². The van der Waals surface area contributed by atoms with Crippen molar-refractivity contribution in [3.05, 3.63) is 59.7 Å². The molecule has 0 atom stereocenters. The SMILES string of the molecule is CN(C(=O)CCS(C)(=O)=O)C1c2ccccc2-c2ccccc21. The molecule has 23 heavy (non-hydrogen) atoms. The zero-order valence-corrected chi connectivity index (χ0v) is 14.0. The Kier molecular flexibility index (Phi) is 3.98. The minimum Gasteiger partial charge on any atom is -0.335 e. The average molecular weight is 329 g/mol. The van der Waals surface area contributed by atoms with Gasteiger partial charge < -0.3 is 4.90 Å². The van der Waals surface area contributed by atoms with Crippen LogP contribution in [0.3, 0.4) is 0 Å². The molecule has 120 valence electrons. The molecule has 2 aromatic carbocycles. The molecule has 1 amide bonds. The maximum Gasteiger partial charge on any atom is 0.224 e. The third-order valence-corrected chi connectivity index (χ3v) is 5.21. The minimum atomic E-state index is -3.14. The van der Waals surface area contributed by atoms with Crippen LogP contribution in [0.2, 0.25) is 0 Å². The highest BCUT2D eigenvalue weighted by atomic mass is 32.2. The number of fused-ring (bicyclic) bond motifs is 3. The van der Waals surface area contributed by atoms with E-state index in [2.05, 4.69) is 12.1 Å². The van der Waals surface area contributed by atoms with Crippen molar-refractivity contribution in [1.29, 1.82) is 0 Å². The number of amides is 1. The highest BCUT2D eigenvalue weighted by Gasteiger charge is 2.33. The van der Waals surface area contributed by atoms with Crippen molar-refractivity contribution in [1.82, 2.24) is 4.90 Å². The molecule has 0 spiro atoms. The largest absolute Gasteiger partial charge is 0.335 e. The van der Waals surface area contributed by atoms with Crippen molar-refractivity contribution in [2.45, 2.75) is 12.5 Å². The Morgan fingerprint density at radius 1 is 1.00 bits per heavy atom. The van der Waals surface area contributed by atoms with Gasteiger partial charge in [0, 0.05) is 19.7 Å². The van der Waals surface area contributed by atoms with E-state index in [-0.39, 0.29) is 24.1 Å². The lowest BCUT2D eigenvalue weighted by Gasteiger charge is -2.26. The summed E-state index contributed by atoms with van der Waals surface area (Å²) >= 11 is 0. The third-order valence-electron chi connectivity index (χ3n) is 4.27. The van der Waals surface area contributed by atoms with Crippen molar-refractivity contribution < 1.29 is 13.2 Å².